The lowest BCUT2D eigenvalue weighted by Crippen LogP contribution is -2.36. The van der Waals surface area contributed by atoms with Crippen LogP contribution in [-0.2, 0) is 4.89 Å². The maximum absolute atomic E-state index is 5.72. The third-order valence-corrected chi connectivity index (χ3v) is 4.23. The highest BCUT2D eigenvalue weighted by Gasteiger charge is 2.31. The van der Waals surface area contributed by atoms with Crippen LogP contribution in [0.5, 0.6) is 5.75 Å². The topological polar surface area (TPSA) is 18.5 Å². The van der Waals surface area contributed by atoms with Crippen molar-refractivity contribution in [1.29, 1.82) is 0 Å². The maximum Gasteiger partial charge on any atom is 0.165 e. The molecule has 2 unspecified atom stereocenters. The largest absolute Gasteiger partial charge is 0.337 e. The molecule has 0 bridgehead atoms. The highest BCUT2D eigenvalue weighted by molar-refractivity contribution is 5.28. The minimum atomic E-state index is -0.231. The summed E-state index contributed by atoms with van der Waals surface area (Å²) >= 11 is 0. The molecule has 0 radical (unpaired) electrons. The summed E-state index contributed by atoms with van der Waals surface area (Å²) in [6, 6.07) is 8.13. The maximum atomic E-state index is 5.72. The Morgan fingerprint density at radius 1 is 1.05 bits per heavy atom. The first-order valence-corrected chi connectivity index (χ1v) is 7.38. The summed E-state index contributed by atoms with van der Waals surface area (Å²) in [6.07, 6.45) is 2.02. The van der Waals surface area contributed by atoms with Crippen molar-refractivity contribution in [3.8, 4) is 5.75 Å². The van der Waals surface area contributed by atoms with Crippen LogP contribution in [0.1, 0.15) is 65.9 Å². The predicted octanol–water partition coefficient (Wildman–Crippen LogP) is 5.34. The first-order chi connectivity index (χ1) is 8.92. The van der Waals surface area contributed by atoms with Crippen molar-refractivity contribution in [1.82, 2.24) is 0 Å². The molecule has 0 fully saturated rings. The van der Waals surface area contributed by atoms with Crippen LogP contribution in [-0.4, -0.2) is 5.60 Å². The molecule has 2 heteroatoms. The van der Waals surface area contributed by atoms with Gasteiger partial charge in [-0.1, -0.05) is 53.2 Å². The molecular weight excluding hydrogens is 236 g/mol. The number of hydrogen-bond acceptors (Lipinski definition) is 2. The van der Waals surface area contributed by atoms with Crippen LogP contribution in [0, 0.1) is 5.92 Å². The predicted molar refractivity (Wildman–Crippen MR) is 80.4 cm³/mol. The lowest BCUT2D eigenvalue weighted by Gasteiger charge is -2.32. The Bertz CT molecular complexity index is 369. The SMILES string of the molecule is CCC(C)C(C)(CC)OOc1ccc(C(C)C)cc1. The first kappa shape index (κ1) is 16.0. The Labute approximate surface area is 118 Å². The highest BCUT2D eigenvalue weighted by atomic mass is 17.2. The van der Waals surface area contributed by atoms with Gasteiger partial charge in [-0.15, -0.1) is 0 Å². The first-order valence-electron chi connectivity index (χ1n) is 7.38. The molecule has 0 amide bonds. The Morgan fingerprint density at radius 3 is 2.05 bits per heavy atom. The average molecular weight is 264 g/mol. The van der Waals surface area contributed by atoms with Crippen molar-refractivity contribution in [2.24, 2.45) is 5.92 Å². The van der Waals surface area contributed by atoms with E-state index in [1.165, 1.54) is 5.56 Å². The van der Waals surface area contributed by atoms with Gasteiger partial charge in [-0.05, 0) is 42.9 Å². The Kier molecular flexibility index (Phi) is 5.86. The van der Waals surface area contributed by atoms with Gasteiger partial charge < -0.3 is 4.89 Å². The third kappa shape index (κ3) is 4.24. The Hall–Kier alpha value is -1.02. The van der Waals surface area contributed by atoms with Crippen molar-refractivity contribution in [2.75, 3.05) is 0 Å². The van der Waals surface area contributed by atoms with E-state index in [2.05, 4.69) is 53.7 Å². The normalized spacial score (nSPS) is 16.2. The second-order valence-electron chi connectivity index (χ2n) is 5.87. The van der Waals surface area contributed by atoms with Crippen LogP contribution < -0.4 is 4.89 Å². The van der Waals surface area contributed by atoms with Gasteiger partial charge in [0.25, 0.3) is 0 Å². The van der Waals surface area contributed by atoms with Crippen molar-refractivity contribution < 1.29 is 9.78 Å². The van der Waals surface area contributed by atoms with E-state index in [0.717, 1.165) is 18.6 Å². The molecule has 0 spiro atoms. The van der Waals surface area contributed by atoms with Gasteiger partial charge in [0.05, 0.1) is 0 Å². The molecule has 2 atom stereocenters. The van der Waals surface area contributed by atoms with E-state index in [-0.39, 0.29) is 5.60 Å². The van der Waals surface area contributed by atoms with E-state index in [1.54, 1.807) is 0 Å². The fraction of sp³-hybridized carbons (Fsp3) is 0.647. The standard InChI is InChI=1S/C17H28O2/c1-7-14(5)17(6,8-2)19-18-16-11-9-15(10-12-16)13(3)4/h9-14H,7-8H2,1-6H3. The molecule has 1 aromatic rings. The fourth-order valence-electron chi connectivity index (χ4n) is 1.97. The zero-order valence-electron chi connectivity index (χ0n) is 13.2. The Balaban J connectivity index is 2.65. The molecule has 1 aromatic carbocycles. The smallest absolute Gasteiger partial charge is 0.165 e. The summed E-state index contributed by atoms with van der Waals surface area (Å²) < 4.78 is 0. The summed E-state index contributed by atoms with van der Waals surface area (Å²) in [5, 5.41) is 0. The number of hydrogen-bond donors (Lipinski definition) is 0. The van der Waals surface area contributed by atoms with Crippen LogP contribution in [0.4, 0.5) is 0 Å². The summed E-state index contributed by atoms with van der Waals surface area (Å²) in [5.41, 5.74) is 1.08. The van der Waals surface area contributed by atoms with E-state index in [9.17, 15) is 0 Å². The summed E-state index contributed by atoms with van der Waals surface area (Å²) in [7, 11) is 0. The molecular formula is C17H28O2. The number of rotatable bonds is 7. The van der Waals surface area contributed by atoms with Crippen LogP contribution in [0.3, 0.4) is 0 Å². The van der Waals surface area contributed by atoms with Gasteiger partial charge in [-0.3, -0.25) is 0 Å². The lowest BCUT2D eigenvalue weighted by molar-refractivity contribution is -0.302. The quantitative estimate of drug-likeness (QED) is 0.489. The minimum absolute atomic E-state index is 0.231. The molecule has 0 N–H and O–H groups in total. The van der Waals surface area contributed by atoms with Crippen molar-refractivity contribution in [3.05, 3.63) is 29.8 Å². The molecule has 1 rings (SSSR count). The molecule has 108 valence electrons. The van der Waals surface area contributed by atoms with Gasteiger partial charge in [0, 0.05) is 0 Å². The van der Waals surface area contributed by atoms with E-state index < -0.39 is 0 Å². The van der Waals surface area contributed by atoms with Crippen LogP contribution in [0.25, 0.3) is 0 Å². The van der Waals surface area contributed by atoms with Gasteiger partial charge in [0.2, 0.25) is 0 Å². The zero-order chi connectivity index (χ0) is 14.5. The molecule has 0 aliphatic rings. The van der Waals surface area contributed by atoms with Crippen molar-refractivity contribution in [2.45, 2.75) is 65.9 Å². The van der Waals surface area contributed by atoms with Gasteiger partial charge in [0.15, 0.2) is 5.75 Å². The van der Waals surface area contributed by atoms with Gasteiger partial charge in [-0.25, -0.2) is 0 Å². The minimum Gasteiger partial charge on any atom is -0.337 e. The van der Waals surface area contributed by atoms with Gasteiger partial charge >= 0.3 is 0 Å². The molecule has 0 heterocycles. The van der Waals surface area contributed by atoms with Crippen LogP contribution in [0.15, 0.2) is 24.3 Å². The van der Waals surface area contributed by atoms with Gasteiger partial charge in [-0.2, -0.15) is 4.89 Å². The highest BCUT2D eigenvalue weighted by Crippen LogP contribution is 2.29. The molecule has 19 heavy (non-hydrogen) atoms. The monoisotopic (exact) mass is 264 g/mol. The van der Waals surface area contributed by atoms with Crippen molar-refractivity contribution in [3.63, 3.8) is 0 Å². The number of benzene rings is 1. The van der Waals surface area contributed by atoms with Gasteiger partial charge in [0.1, 0.15) is 5.60 Å². The summed E-state index contributed by atoms with van der Waals surface area (Å²) in [4.78, 5) is 11.2. The second kappa shape index (κ2) is 6.95. The average Bonchev–Trinajstić information content (AvgIpc) is 2.44. The molecule has 0 aliphatic heterocycles. The zero-order valence-corrected chi connectivity index (χ0v) is 13.2. The second-order valence-corrected chi connectivity index (χ2v) is 5.87. The van der Waals surface area contributed by atoms with E-state index in [4.69, 9.17) is 9.78 Å². The lowest BCUT2D eigenvalue weighted by atomic mass is 9.86. The fourth-order valence-corrected chi connectivity index (χ4v) is 1.97. The van der Waals surface area contributed by atoms with Crippen LogP contribution in [0.2, 0.25) is 0 Å². The van der Waals surface area contributed by atoms with E-state index in [1.807, 2.05) is 12.1 Å². The van der Waals surface area contributed by atoms with Crippen LogP contribution >= 0.6 is 0 Å². The van der Waals surface area contributed by atoms with Crippen molar-refractivity contribution >= 4 is 0 Å². The molecule has 0 aromatic heterocycles. The molecule has 0 saturated heterocycles. The molecule has 2 nitrogen and oxygen atoms in total. The van der Waals surface area contributed by atoms with E-state index >= 15 is 0 Å². The summed E-state index contributed by atoms with van der Waals surface area (Å²) in [5.74, 6) is 1.77. The van der Waals surface area contributed by atoms with E-state index in [0.29, 0.717) is 11.8 Å². The molecule has 0 saturated carbocycles. The molecule has 0 aliphatic carbocycles. The summed E-state index contributed by atoms with van der Waals surface area (Å²) in [6.45, 7) is 13.0. The third-order valence-electron chi connectivity index (χ3n) is 4.23. The Morgan fingerprint density at radius 2 is 1.63 bits per heavy atom.